The van der Waals surface area contributed by atoms with Crippen LogP contribution in [0.4, 0.5) is 0 Å². The van der Waals surface area contributed by atoms with E-state index in [0.29, 0.717) is 5.69 Å². The summed E-state index contributed by atoms with van der Waals surface area (Å²) in [5.74, 6) is 0. The minimum absolute atomic E-state index is 0.109. The topological polar surface area (TPSA) is 130 Å². The van der Waals surface area contributed by atoms with Gasteiger partial charge in [0.2, 0.25) is 0 Å². The van der Waals surface area contributed by atoms with Gasteiger partial charge in [-0.3, -0.25) is 0 Å². The Bertz CT molecular complexity index is 412. The zero-order valence-corrected chi connectivity index (χ0v) is 10.3. The normalized spacial score (nSPS) is 35.5. The van der Waals surface area contributed by atoms with Gasteiger partial charge in [0, 0.05) is 7.11 Å². The second kappa shape index (κ2) is 5.90. The van der Waals surface area contributed by atoms with Crippen LogP contribution in [0.3, 0.4) is 0 Å². The van der Waals surface area contributed by atoms with Crippen molar-refractivity contribution in [2.75, 3.05) is 7.11 Å². The highest BCUT2D eigenvalue weighted by atomic mass is 16.7. The molecule has 0 unspecified atom stereocenters. The highest BCUT2D eigenvalue weighted by Crippen LogP contribution is 2.22. The van der Waals surface area contributed by atoms with Gasteiger partial charge in [-0.15, -0.1) is 5.10 Å². The highest BCUT2D eigenvalue weighted by Gasteiger charge is 2.44. The van der Waals surface area contributed by atoms with Gasteiger partial charge in [-0.2, -0.15) is 0 Å². The maximum atomic E-state index is 9.85. The fraction of sp³-hybridized carbons (Fsp3) is 0.800. The SMILES string of the molecule is CO[C@@H]1O[C@H](Cn2cc(CO)nn2)[C@H](O)[C@H](O)[C@H]1O. The van der Waals surface area contributed by atoms with E-state index >= 15 is 0 Å². The molecule has 0 radical (unpaired) electrons. The van der Waals surface area contributed by atoms with E-state index in [1.807, 2.05) is 0 Å². The molecule has 2 rings (SSSR count). The number of methoxy groups -OCH3 is 1. The first-order chi connectivity index (χ1) is 9.06. The maximum absolute atomic E-state index is 9.85. The first kappa shape index (κ1) is 14.3. The summed E-state index contributed by atoms with van der Waals surface area (Å²) in [4.78, 5) is 0. The van der Waals surface area contributed by atoms with Gasteiger partial charge in [0.1, 0.15) is 30.1 Å². The molecule has 0 aromatic carbocycles. The van der Waals surface area contributed by atoms with Gasteiger partial charge in [-0.25, -0.2) is 4.68 Å². The zero-order valence-electron chi connectivity index (χ0n) is 10.3. The molecule has 19 heavy (non-hydrogen) atoms. The molecule has 0 saturated carbocycles. The van der Waals surface area contributed by atoms with Crippen LogP contribution in [0, 0.1) is 0 Å². The number of aromatic nitrogens is 3. The molecule has 2 heterocycles. The monoisotopic (exact) mass is 275 g/mol. The van der Waals surface area contributed by atoms with Crippen molar-refractivity contribution in [2.45, 2.75) is 43.9 Å². The van der Waals surface area contributed by atoms with Gasteiger partial charge in [0.05, 0.1) is 19.3 Å². The van der Waals surface area contributed by atoms with Gasteiger partial charge in [0.25, 0.3) is 0 Å². The Balaban J connectivity index is 2.06. The predicted octanol–water partition coefficient (Wildman–Crippen LogP) is -2.78. The average Bonchev–Trinajstić information content (AvgIpc) is 2.87. The van der Waals surface area contributed by atoms with Crippen molar-refractivity contribution in [1.29, 1.82) is 0 Å². The molecular weight excluding hydrogens is 258 g/mol. The highest BCUT2D eigenvalue weighted by molar-refractivity contribution is 4.92. The summed E-state index contributed by atoms with van der Waals surface area (Å²) in [5, 5.41) is 45.5. The summed E-state index contributed by atoms with van der Waals surface area (Å²) in [6.07, 6.45) is -4.30. The molecule has 108 valence electrons. The van der Waals surface area contributed by atoms with E-state index in [1.54, 1.807) is 0 Å². The number of aliphatic hydroxyl groups is 4. The Hall–Kier alpha value is -1.10. The van der Waals surface area contributed by atoms with Gasteiger partial charge in [-0.1, -0.05) is 5.21 Å². The fourth-order valence-corrected chi connectivity index (χ4v) is 1.95. The molecule has 9 heteroatoms. The van der Waals surface area contributed by atoms with Crippen LogP contribution in [0.5, 0.6) is 0 Å². The molecule has 1 aliphatic heterocycles. The van der Waals surface area contributed by atoms with E-state index in [4.69, 9.17) is 14.6 Å². The third kappa shape index (κ3) is 2.91. The molecule has 1 aromatic rings. The quantitative estimate of drug-likeness (QED) is 0.464. The molecule has 1 aliphatic rings. The third-order valence-electron chi connectivity index (χ3n) is 3.02. The predicted molar refractivity (Wildman–Crippen MR) is 59.6 cm³/mol. The molecule has 0 amide bonds. The molecule has 0 bridgehead atoms. The second-order valence-electron chi connectivity index (χ2n) is 4.34. The maximum Gasteiger partial charge on any atom is 0.186 e. The Labute approximate surface area is 109 Å². The van der Waals surface area contributed by atoms with Crippen molar-refractivity contribution in [1.82, 2.24) is 15.0 Å². The number of ether oxygens (including phenoxy) is 2. The summed E-state index contributed by atoms with van der Waals surface area (Å²) >= 11 is 0. The van der Waals surface area contributed by atoms with E-state index in [9.17, 15) is 15.3 Å². The number of hydrogen-bond acceptors (Lipinski definition) is 8. The Morgan fingerprint density at radius 1 is 1.32 bits per heavy atom. The molecule has 1 fully saturated rings. The Morgan fingerprint density at radius 3 is 2.63 bits per heavy atom. The average molecular weight is 275 g/mol. The minimum atomic E-state index is -1.37. The smallest absolute Gasteiger partial charge is 0.186 e. The van der Waals surface area contributed by atoms with Crippen molar-refractivity contribution in [3.8, 4) is 0 Å². The van der Waals surface area contributed by atoms with E-state index in [0.717, 1.165) is 0 Å². The van der Waals surface area contributed by atoms with Gasteiger partial charge < -0.3 is 29.9 Å². The summed E-state index contributed by atoms with van der Waals surface area (Å²) in [6.45, 7) is -0.131. The van der Waals surface area contributed by atoms with E-state index in [2.05, 4.69) is 10.3 Å². The third-order valence-corrected chi connectivity index (χ3v) is 3.02. The largest absolute Gasteiger partial charge is 0.390 e. The lowest BCUT2D eigenvalue weighted by atomic mass is 9.99. The molecular formula is C10H17N3O6. The second-order valence-corrected chi connectivity index (χ2v) is 4.34. The first-order valence-electron chi connectivity index (χ1n) is 5.79. The molecule has 1 aromatic heterocycles. The molecule has 5 atom stereocenters. The summed E-state index contributed by atoms with van der Waals surface area (Å²) in [5.41, 5.74) is 0.383. The lowest BCUT2D eigenvalue weighted by Crippen LogP contribution is -2.58. The van der Waals surface area contributed by atoms with Crippen LogP contribution in [0.15, 0.2) is 6.20 Å². The number of hydrogen-bond donors (Lipinski definition) is 4. The number of rotatable bonds is 4. The van der Waals surface area contributed by atoms with Crippen molar-refractivity contribution < 1.29 is 29.9 Å². The summed E-state index contributed by atoms with van der Waals surface area (Å²) < 4.78 is 11.6. The minimum Gasteiger partial charge on any atom is -0.390 e. The van der Waals surface area contributed by atoms with Crippen LogP contribution < -0.4 is 0 Å². The van der Waals surface area contributed by atoms with Crippen LogP contribution in [0.2, 0.25) is 0 Å². The summed E-state index contributed by atoms with van der Waals surface area (Å²) in [6, 6.07) is 0. The van der Waals surface area contributed by atoms with E-state index in [1.165, 1.54) is 18.0 Å². The molecule has 0 aliphatic carbocycles. The van der Waals surface area contributed by atoms with Crippen LogP contribution in [0.1, 0.15) is 5.69 Å². The Morgan fingerprint density at radius 2 is 2.05 bits per heavy atom. The Kier molecular flexibility index (Phi) is 4.45. The van der Waals surface area contributed by atoms with Gasteiger partial charge >= 0.3 is 0 Å². The van der Waals surface area contributed by atoms with Crippen molar-refractivity contribution >= 4 is 0 Å². The first-order valence-corrected chi connectivity index (χ1v) is 5.79. The van der Waals surface area contributed by atoms with Crippen LogP contribution in [0.25, 0.3) is 0 Å². The number of aliphatic hydroxyl groups excluding tert-OH is 4. The molecule has 9 nitrogen and oxygen atoms in total. The van der Waals surface area contributed by atoms with Crippen molar-refractivity contribution in [2.24, 2.45) is 0 Å². The standard InChI is InChI=1S/C10H17N3O6/c1-18-10-9(17)8(16)7(15)6(19-10)3-13-2-5(4-14)11-12-13/h2,6-10,14-17H,3-4H2,1H3/t6-,7+,8+,9-,10-/m1/s1. The van der Waals surface area contributed by atoms with E-state index in [-0.39, 0.29) is 13.2 Å². The number of nitrogens with zero attached hydrogens (tertiary/aromatic N) is 3. The van der Waals surface area contributed by atoms with Crippen molar-refractivity contribution in [3.05, 3.63) is 11.9 Å². The molecule has 4 N–H and O–H groups in total. The van der Waals surface area contributed by atoms with Gasteiger partial charge in [-0.05, 0) is 0 Å². The van der Waals surface area contributed by atoms with E-state index < -0.39 is 30.7 Å². The van der Waals surface area contributed by atoms with Crippen LogP contribution >= 0.6 is 0 Å². The fourth-order valence-electron chi connectivity index (χ4n) is 1.95. The lowest BCUT2D eigenvalue weighted by molar-refractivity contribution is -0.292. The van der Waals surface area contributed by atoms with Crippen LogP contribution in [-0.4, -0.2) is 73.2 Å². The van der Waals surface area contributed by atoms with Crippen LogP contribution in [-0.2, 0) is 22.6 Å². The van der Waals surface area contributed by atoms with Gasteiger partial charge in [0.15, 0.2) is 6.29 Å². The lowest BCUT2D eigenvalue weighted by Gasteiger charge is -2.39. The molecule has 0 spiro atoms. The molecule has 1 saturated heterocycles. The zero-order chi connectivity index (χ0) is 14.0. The summed E-state index contributed by atoms with van der Waals surface area (Å²) in [7, 11) is 1.33. The van der Waals surface area contributed by atoms with Crippen molar-refractivity contribution in [3.63, 3.8) is 0 Å².